The predicted molar refractivity (Wildman–Crippen MR) is 109 cm³/mol. The lowest BCUT2D eigenvalue weighted by Gasteiger charge is -2.27. The van der Waals surface area contributed by atoms with E-state index in [4.69, 9.17) is 0 Å². The predicted octanol–water partition coefficient (Wildman–Crippen LogP) is 3.79. The van der Waals surface area contributed by atoms with Gasteiger partial charge in [0.2, 0.25) is 11.9 Å². The van der Waals surface area contributed by atoms with Crippen LogP contribution in [0.3, 0.4) is 0 Å². The van der Waals surface area contributed by atoms with Crippen LogP contribution < -0.4 is 0 Å². The molecular formula is C22H19F2N5O. The van der Waals surface area contributed by atoms with E-state index in [2.05, 4.69) is 24.9 Å². The Balaban J connectivity index is 1.74. The number of aliphatic imine (C=N–C) groups is 2. The summed E-state index contributed by atoms with van der Waals surface area (Å²) in [6, 6.07) is 12.8. The lowest BCUT2D eigenvalue weighted by molar-refractivity contribution is 0.0515. The van der Waals surface area contributed by atoms with Crippen molar-refractivity contribution >= 4 is 12.4 Å². The van der Waals surface area contributed by atoms with Crippen LogP contribution in [-0.2, 0) is 11.3 Å². The second kappa shape index (κ2) is 7.46. The van der Waals surface area contributed by atoms with Crippen molar-refractivity contribution in [3.05, 3.63) is 77.5 Å². The summed E-state index contributed by atoms with van der Waals surface area (Å²) in [5.74, 6) is -3.56. The van der Waals surface area contributed by atoms with Crippen molar-refractivity contribution in [3.8, 4) is 11.3 Å². The van der Waals surface area contributed by atoms with E-state index in [1.54, 1.807) is 42.8 Å². The van der Waals surface area contributed by atoms with Crippen molar-refractivity contribution in [3.63, 3.8) is 0 Å². The van der Waals surface area contributed by atoms with Gasteiger partial charge < -0.3 is 5.11 Å². The van der Waals surface area contributed by atoms with E-state index in [0.717, 1.165) is 6.07 Å². The van der Waals surface area contributed by atoms with Crippen LogP contribution >= 0.6 is 0 Å². The molecule has 3 aromatic rings. The van der Waals surface area contributed by atoms with Gasteiger partial charge >= 0.3 is 0 Å². The highest BCUT2D eigenvalue weighted by atomic mass is 19.1. The zero-order chi connectivity index (χ0) is 21.4. The number of aromatic nitrogens is 3. The summed E-state index contributed by atoms with van der Waals surface area (Å²) in [7, 11) is 0. The van der Waals surface area contributed by atoms with Crippen LogP contribution in [0.25, 0.3) is 11.3 Å². The Kier molecular flexibility index (Phi) is 4.95. The Hall–Kier alpha value is -3.39. The molecule has 0 aromatic carbocycles. The lowest BCUT2D eigenvalue weighted by Crippen LogP contribution is -2.28. The average Bonchev–Trinajstić information content (AvgIpc) is 2.74. The van der Waals surface area contributed by atoms with Crippen LogP contribution in [0.2, 0.25) is 0 Å². The summed E-state index contributed by atoms with van der Waals surface area (Å²) in [6.07, 6.45) is 3.73. The van der Waals surface area contributed by atoms with Crippen molar-refractivity contribution < 1.29 is 13.9 Å². The van der Waals surface area contributed by atoms with Gasteiger partial charge in [0.25, 0.3) is 5.85 Å². The van der Waals surface area contributed by atoms with Gasteiger partial charge in [0.15, 0.2) is 0 Å². The Morgan fingerprint density at radius 3 is 2.23 bits per heavy atom. The van der Waals surface area contributed by atoms with Gasteiger partial charge in [-0.2, -0.15) is 13.8 Å². The van der Waals surface area contributed by atoms with Crippen LogP contribution in [0.5, 0.6) is 0 Å². The van der Waals surface area contributed by atoms with Gasteiger partial charge in [0.1, 0.15) is 5.69 Å². The number of nitrogens with zero attached hydrogens (tertiary/aromatic N) is 5. The number of hydrogen-bond donors (Lipinski definition) is 1. The molecule has 0 unspecified atom stereocenters. The molecule has 0 saturated heterocycles. The summed E-state index contributed by atoms with van der Waals surface area (Å²) >= 11 is 0. The number of halogens is 2. The molecule has 4 heterocycles. The zero-order valence-electron chi connectivity index (χ0n) is 16.4. The van der Waals surface area contributed by atoms with Crippen LogP contribution in [0.15, 0.2) is 58.5 Å². The van der Waals surface area contributed by atoms with Crippen molar-refractivity contribution in [1.82, 2.24) is 15.0 Å². The molecule has 30 heavy (non-hydrogen) atoms. The van der Waals surface area contributed by atoms with Gasteiger partial charge in [0.05, 0.1) is 22.6 Å². The molecule has 0 fully saturated rings. The largest absolute Gasteiger partial charge is 0.346 e. The van der Waals surface area contributed by atoms with Crippen molar-refractivity contribution in [2.45, 2.75) is 31.5 Å². The number of rotatable bonds is 4. The molecule has 0 bridgehead atoms. The van der Waals surface area contributed by atoms with Gasteiger partial charge in [-0.15, -0.1) is 0 Å². The molecule has 1 aliphatic heterocycles. The standard InChI is InChI=1S/C22H19F2N5O/c1-21(2,17-8-4-9-18(28-17)22(30)25-12-5-13-26-22)16-7-3-6-15(27-16)14-10-11-19(23)29-20(14)24/h3-4,6-13,30H,5H2,1-2H3. The SMILES string of the molecule is CC(C)(c1cccc(-c2ccc(F)nc2F)n1)c1cccc(C2(O)N=CCC=N2)n1. The molecule has 0 saturated carbocycles. The van der Waals surface area contributed by atoms with Gasteiger partial charge in [-0.05, 0) is 50.2 Å². The van der Waals surface area contributed by atoms with E-state index >= 15 is 0 Å². The minimum atomic E-state index is -1.75. The fourth-order valence-electron chi connectivity index (χ4n) is 3.21. The summed E-state index contributed by atoms with van der Waals surface area (Å²) in [6.45, 7) is 3.84. The summed E-state index contributed by atoms with van der Waals surface area (Å²) in [5.41, 5.74) is 1.31. The molecule has 3 aromatic heterocycles. The summed E-state index contributed by atoms with van der Waals surface area (Å²) in [4.78, 5) is 20.5. The maximum absolute atomic E-state index is 14.1. The fraction of sp³-hybridized carbons (Fsp3) is 0.227. The third kappa shape index (κ3) is 3.61. The number of pyridine rings is 3. The molecule has 0 amide bonds. The molecule has 0 radical (unpaired) electrons. The molecule has 1 N–H and O–H groups in total. The van der Waals surface area contributed by atoms with E-state index in [9.17, 15) is 13.9 Å². The molecule has 6 nitrogen and oxygen atoms in total. The average molecular weight is 407 g/mol. The van der Waals surface area contributed by atoms with Crippen molar-refractivity contribution in [2.24, 2.45) is 9.98 Å². The number of aliphatic hydroxyl groups is 1. The maximum Gasteiger partial charge on any atom is 0.299 e. The molecule has 4 rings (SSSR count). The third-order valence-electron chi connectivity index (χ3n) is 4.97. The Morgan fingerprint density at radius 1 is 0.867 bits per heavy atom. The van der Waals surface area contributed by atoms with Crippen molar-refractivity contribution in [2.75, 3.05) is 0 Å². The molecule has 152 valence electrons. The second-order valence-electron chi connectivity index (χ2n) is 7.41. The third-order valence-corrected chi connectivity index (χ3v) is 4.97. The van der Waals surface area contributed by atoms with Gasteiger partial charge in [0, 0.05) is 24.3 Å². The van der Waals surface area contributed by atoms with E-state index in [1.807, 2.05) is 19.9 Å². The first kappa shape index (κ1) is 19.9. The Labute approximate surface area is 172 Å². The maximum atomic E-state index is 14.1. The second-order valence-corrected chi connectivity index (χ2v) is 7.41. The highest BCUT2D eigenvalue weighted by Gasteiger charge is 2.33. The first-order valence-electron chi connectivity index (χ1n) is 9.37. The van der Waals surface area contributed by atoms with E-state index < -0.39 is 23.2 Å². The van der Waals surface area contributed by atoms with Crippen LogP contribution in [0.1, 0.15) is 37.4 Å². The monoisotopic (exact) mass is 407 g/mol. The first-order valence-corrected chi connectivity index (χ1v) is 9.37. The Bertz CT molecular complexity index is 1150. The topological polar surface area (TPSA) is 83.6 Å². The van der Waals surface area contributed by atoms with E-state index in [-0.39, 0.29) is 5.56 Å². The zero-order valence-corrected chi connectivity index (χ0v) is 16.4. The molecule has 8 heteroatoms. The summed E-state index contributed by atoms with van der Waals surface area (Å²) < 4.78 is 27.3. The molecular weight excluding hydrogens is 388 g/mol. The Morgan fingerprint density at radius 2 is 1.53 bits per heavy atom. The lowest BCUT2D eigenvalue weighted by atomic mass is 9.84. The van der Waals surface area contributed by atoms with Gasteiger partial charge in [-0.1, -0.05) is 12.1 Å². The van der Waals surface area contributed by atoms with Crippen LogP contribution in [-0.4, -0.2) is 32.5 Å². The molecule has 0 spiro atoms. The number of hydrogen-bond acceptors (Lipinski definition) is 6. The first-order chi connectivity index (χ1) is 14.3. The van der Waals surface area contributed by atoms with Crippen LogP contribution in [0.4, 0.5) is 8.78 Å². The molecule has 0 atom stereocenters. The minimum absolute atomic E-state index is 0.107. The smallest absolute Gasteiger partial charge is 0.299 e. The molecule has 1 aliphatic rings. The van der Waals surface area contributed by atoms with E-state index in [0.29, 0.717) is 29.2 Å². The normalized spacial score (nSPS) is 15.4. The van der Waals surface area contributed by atoms with Crippen molar-refractivity contribution in [1.29, 1.82) is 0 Å². The van der Waals surface area contributed by atoms with Gasteiger partial charge in [-0.3, -0.25) is 4.98 Å². The quantitative estimate of drug-likeness (QED) is 0.667. The minimum Gasteiger partial charge on any atom is -0.346 e. The fourth-order valence-corrected chi connectivity index (χ4v) is 3.21. The van der Waals surface area contributed by atoms with Gasteiger partial charge in [-0.25, -0.2) is 15.0 Å². The van der Waals surface area contributed by atoms with E-state index in [1.165, 1.54) is 6.07 Å². The molecule has 0 aliphatic carbocycles. The highest BCUT2D eigenvalue weighted by molar-refractivity contribution is 5.81. The highest BCUT2D eigenvalue weighted by Crippen LogP contribution is 2.33. The van der Waals surface area contributed by atoms with Crippen LogP contribution in [0, 0.1) is 11.9 Å². The summed E-state index contributed by atoms with van der Waals surface area (Å²) in [5, 5.41) is 10.7.